The van der Waals surface area contributed by atoms with Gasteiger partial charge in [0, 0.05) is 12.5 Å². The maximum Gasteiger partial charge on any atom is 0.243 e. The Morgan fingerprint density at radius 1 is 1.20 bits per heavy atom. The van der Waals surface area contributed by atoms with Gasteiger partial charge in [0.15, 0.2) is 0 Å². The van der Waals surface area contributed by atoms with Crippen LogP contribution in [-0.4, -0.2) is 21.2 Å². The molecule has 0 saturated heterocycles. The van der Waals surface area contributed by atoms with Gasteiger partial charge in [-0.05, 0) is 38.3 Å². The first-order valence-electron chi connectivity index (χ1n) is 7.24. The van der Waals surface area contributed by atoms with Crippen LogP contribution in [0.25, 0.3) is 0 Å². The summed E-state index contributed by atoms with van der Waals surface area (Å²) < 4.78 is 5.33. The predicted octanol–water partition coefficient (Wildman–Crippen LogP) is 3.02. The summed E-state index contributed by atoms with van der Waals surface area (Å²) in [5.74, 6) is 1.62. The molecule has 5 heteroatoms. The lowest BCUT2D eigenvalue weighted by atomic mass is 10.1. The van der Waals surface area contributed by atoms with E-state index in [4.69, 9.17) is 4.42 Å². The largest absolute Gasteiger partial charge is 0.469 e. The van der Waals surface area contributed by atoms with Gasteiger partial charge in [0.25, 0.3) is 0 Å². The summed E-state index contributed by atoms with van der Waals surface area (Å²) in [5, 5.41) is 11.7. The molecule has 108 valence electrons. The van der Waals surface area contributed by atoms with Gasteiger partial charge in [-0.15, -0.1) is 5.10 Å². The van der Waals surface area contributed by atoms with Crippen LogP contribution in [0.1, 0.15) is 44.3 Å². The van der Waals surface area contributed by atoms with Crippen molar-refractivity contribution < 1.29 is 4.42 Å². The highest BCUT2D eigenvalue weighted by Crippen LogP contribution is 2.11. The lowest BCUT2D eigenvalue weighted by Crippen LogP contribution is -2.19. The minimum atomic E-state index is 0.277. The SMILES string of the molecule is CCc1nnc(NC(C)CCc2ccco2)nc1CC. The van der Waals surface area contributed by atoms with Gasteiger partial charge in [-0.1, -0.05) is 13.8 Å². The van der Waals surface area contributed by atoms with Crippen LogP contribution in [-0.2, 0) is 19.3 Å². The predicted molar refractivity (Wildman–Crippen MR) is 78.7 cm³/mol. The molecule has 0 spiro atoms. The van der Waals surface area contributed by atoms with E-state index in [1.807, 2.05) is 12.1 Å². The fourth-order valence-electron chi connectivity index (χ4n) is 2.11. The van der Waals surface area contributed by atoms with Crippen LogP contribution in [0.3, 0.4) is 0 Å². The first-order chi connectivity index (χ1) is 9.72. The molecule has 1 N–H and O–H groups in total. The molecule has 0 bridgehead atoms. The molecular weight excluding hydrogens is 252 g/mol. The highest BCUT2D eigenvalue weighted by molar-refractivity contribution is 5.27. The number of nitrogens with zero attached hydrogens (tertiary/aromatic N) is 3. The molecule has 0 fully saturated rings. The van der Waals surface area contributed by atoms with Gasteiger partial charge in [-0.2, -0.15) is 5.10 Å². The van der Waals surface area contributed by atoms with Gasteiger partial charge in [-0.3, -0.25) is 0 Å². The zero-order valence-electron chi connectivity index (χ0n) is 12.4. The molecule has 0 amide bonds. The molecular formula is C15H22N4O. The average Bonchev–Trinajstić information content (AvgIpc) is 2.98. The summed E-state index contributed by atoms with van der Waals surface area (Å²) in [5.41, 5.74) is 2.02. The fraction of sp³-hybridized carbons (Fsp3) is 0.533. The molecule has 0 aliphatic heterocycles. The van der Waals surface area contributed by atoms with E-state index in [0.717, 1.165) is 42.8 Å². The fourth-order valence-corrected chi connectivity index (χ4v) is 2.11. The van der Waals surface area contributed by atoms with Crippen LogP contribution in [0.4, 0.5) is 5.95 Å². The van der Waals surface area contributed by atoms with Gasteiger partial charge in [0.05, 0.1) is 17.7 Å². The summed E-state index contributed by atoms with van der Waals surface area (Å²) in [6.45, 7) is 6.28. The Bertz CT molecular complexity index is 525. The van der Waals surface area contributed by atoms with E-state index in [1.54, 1.807) is 6.26 Å². The van der Waals surface area contributed by atoms with E-state index in [9.17, 15) is 0 Å². The van der Waals surface area contributed by atoms with E-state index in [1.165, 1.54) is 0 Å². The van der Waals surface area contributed by atoms with Crippen molar-refractivity contribution in [2.75, 3.05) is 5.32 Å². The molecule has 1 atom stereocenters. The van der Waals surface area contributed by atoms with Crippen LogP contribution in [0.15, 0.2) is 22.8 Å². The molecule has 0 aromatic carbocycles. The van der Waals surface area contributed by atoms with Crippen molar-refractivity contribution in [2.24, 2.45) is 0 Å². The highest BCUT2D eigenvalue weighted by atomic mass is 16.3. The standard InChI is InChI=1S/C15H22N4O/c1-4-13-14(5-2)18-19-15(17-13)16-11(3)8-9-12-7-6-10-20-12/h6-7,10-11H,4-5,8-9H2,1-3H3,(H,16,17,19). The Morgan fingerprint density at radius 2 is 2.00 bits per heavy atom. The first kappa shape index (κ1) is 14.5. The van der Waals surface area contributed by atoms with E-state index in [-0.39, 0.29) is 6.04 Å². The highest BCUT2D eigenvalue weighted by Gasteiger charge is 2.09. The van der Waals surface area contributed by atoms with E-state index in [2.05, 4.69) is 41.3 Å². The third-order valence-electron chi connectivity index (χ3n) is 3.29. The number of aromatic nitrogens is 3. The van der Waals surface area contributed by atoms with Gasteiger partial charge < -0.3 is 9.73 Å². The molecule has 2 aromatic rings. The van der Waals surface area contributed by atoms with Crippen LogP contribution in [0.2, 0.25) is 0 Å². The van der Waals surface area contributed by atoms with Crippen molar-refractivity contribution in [2.45, 2.75) is 52.5 Å². The van der Waals surface area contributed by atoms with Crippen LogP contribution in [0, 0.1) is 0 Å². The number of rotatable bonds is 7. The molecule has 2 aromatic heterocycles. The van der Waals surface area contributed by atoms with Crippen LogP contribution >= 0.6 is 0 Å². The van der Waals surface area contributed by atoms with Crippen molar-refractivity contribution in [3.63, 3.8) is 0 Å². The minimum Gasteiger partial charge on any atom is -0.469 e. The molecule has 1 unspecified atom stereocenters. The second-order valence-corrected chi connectivity index (χ2v) is 4.90. The van der Waals surface area contributed by atoms with Gasteiger partial charge in [0.1, 0.15) is 5.76 Å². The Morgan fingerprint density at radius 3 is 2.65 bits per heavy atom. The summed E-state index contributed by atoms with van der Waals surface area (Å²) in [7, 11) is 0. The maximum absolute atomic E-state index is 5.33. The van der Waals surface area contributed by atoms with Gasteiger partial charge in [0.2, 0.25) is 5.95 Å². The van der Waals surface area contributed by atoms with Crippen molar-refractivity contribution in [1.29, 1.82) is 0 Å². The second-order valence-electron chi connectivity index (χ2n) is 4.90. The Kier molecular flexibility index (Phi) is 5.09. The number of anilines is 1. The van der Waals surface area contributed by atoms with Crippen molar-refractivity contribution >= 4 is 5.95 Å². The average molecular weight is 274 g/mol. The summed E-state index contributed by atoms with van der Waals surface area (Å²) in [6.07, 6.45) is 5.33. The molecule has 5 nitrogen and oxygen atoms in total. The zero-order chi connectivity index (χ0) is 14.4. The molecule has 0 saturated carbocycles. The third-order valence-corrected chi connectivity index (χ3v) is 3.29. The lowest BCUT2D eigenvalue weighted by molar-refractivity contribution is 0.494. The lowest BCUT2D eigenvalue weighted by Gasteiger charge is -2.13. The van der Waals surface area contributed by atoms with E-state index in [0.29, 0.717) is 5.95 Å². The number of furan rings is 1. The molecule has 0 aliphatic carbocycles. The Labute approximate surface area is 119 Å². The second kappa shape index (κ2) is 7.03. The van der Waals surface area contributed by atoms with Gasteiger partial charge >= 0.3 is 0 Å². The maximum atomic E-state index is 5.33. The first-order valence-corrected chi connectivity index (χ1v) is 7.24. The van der Waals surface area contributed by atoms with E-state index < -0.39 is 0 Å². The quantitative estimate of drug-likeness (QED) is 0.840. The molecule has 20 heavy (non-hydrogen) atoms. The summed E-state index contributed by atoms with van der Waals surface area (Å²) in [6, 6.07) is 4.19. The Hall–Kier alpha value is -1.91. The number of nitrogens with one attached hydrogen (secondary N) is 1. The topological polar surface area (TPSA) is 63.8 Å². The van der Waals surface area contributed by atoms with Crippen LogP contribution in [0.5, 0.6) is 0 Å². The van der Waals surface area contributed by atoms with Crippen molar-refractivity contribution in [3.8, 4) is 0 Å². The molecule has 2 rings (SSSR count). The molecule has 0 radical (unpaired) electrons. The number of hydrogen-bond acceptors (Lipinski definition) is 5. The van der Waals surface area contributed by atoms with Gasteiger partial charge in [-0.25, -0.2) is 4.98 Å². The van der Waals surface area contributed by atoms with E-state index >= 15 is 0 Å². The Balaban J connectivity index is 1.91. The summed E-state index contributed by atoms with van der Waals surface area (Å²) in [4.78, 5) is 4.54. The molecule has 0 aliphatic rings. The number of hydrogen-bond donors (Lipinski definition) is 1. The smallest absolute Gasteiger partial charge is 0.243 e. The van der Waals surface area contributed by atoms with Crippen molar-refractivity contribution in [1.82, 2.24) is 15.2 Å². The zero-order valence-corrected chi connectivity index (χ0v) is 12.4. The van der Waals surface area contributed by atoms with Crippen molar-refractivity contribution in [3.05, 3.63) is 35.5 Å². The van der Waals surface area contributed by atoms with Crippen LogP contribution < -0.4 is 5.32 Å². The number of aryl methyl sites for hydroxylation is 3. The summed E-state index contributed by atoms with van der Waals surface area (Å²) >= 11 is 0. The molecule has 2 heterocycles. The minimum absolute atomic E-state index is 0.277. The third kappa shape index (κ3) is 3.79. The normalized spacial score (nSPS) is 12.3. The monoisotopic (exact) mass is 274 g/mol.